The van der Waals surface area contributed by atoms with Gasteiger partial charge in [0, 0.05) is 17.8 Å². The Labute approximate surface area is 165 Å². The lowest BCUT2D eigenvalue weighted by Gasteiger charge is -2.57. The van der Waals surface area contributed by atoms with Crippen LogP contribution >= 0.6 is 0 Å². The molecule has 0 radical (unpaired) electrons. The Morgan fingerprint density at radius 1 is 1.14 bits per heavy atom. The van der Waals surface area contributed by atoms with Crippen LogP contribution in [0.25, 0.3) is 0 Å². The van der Waals surface area contributed by atoms with Gasteiger partial charge >= 0.3 is 6.03 Å². The van der Waals surface area contributed by atoms with Gasteiger partial charge in [0.15, 0.2) is 5.41 Å². The minimum atomic E-state index is -1.41. The maximum Gasteiger partial charge on any atom is 0.331 e. The molecule has 4 atom stereocenters. The standard InChI is InChI=1S/C21H27N3O4/c1-12-11-23-15-9-7-6-8-14(15)10-21(16(23)13(2)28-12)17(25)22-19(27)24(18(21)26)20(3,4)5/h6-9,12-13,16H,10-11H2,1-5H3,(H,22,25,27)/t12-,13+,16-,21+/m0/s1. The number of hydrogen-bond acceptors (Lipinski definition) is 5. The first kappa shape index (κ1) is 18.9. The molecule has 1 aromatic carbocycles. The molecule has 1 spiro atoms. The maximum atomic E-state index is 13.8. The Hall–Kier alpha value is -2.41. The predicted molar refractivity (Wildman–Crippen MR) is 104 cm³/mol. The number of morpholine rings is 1. The second-order valence-electron chi connectivity index (χ2n) is 9.10. The van der Waals surface area contributed by atoms with Gasteiger partial charge in [-0.25, -0.2) is 4.79 Å². The second kappa shape index (κ2) is 6.04. The summed E-state index contributed by atoms with van der Waals surface area (Å²) in [5, 5.41) is 2.47. The van der Waals surface area contributed by atoms with Gasteiger partial charge in [-0.15, -0.1) is 0 Å². The van der Waals surface area contributed by atoms with Crippen molar-refractivity contribution in [3.63, 3.8) is 0 Å². The molecule has 0 bridgehead atoms. The zero-order valence-electron chi connectivity index (χ0n) is 17.0. The van der Waals surface area contributed by atoms with Gasteiger partial charge in [-0.05, 0) is 52.7 Å². The summed E-state index contributed by atoms with van der Waals surface area (Å²) >= 11 is 0. The number of amides is 4. The summed E-state index contributed by atoms with van der Waals surface area (Å²) in [5.41, 5.74) is -0.190. The average molecular weight is 385 g/mol. The zero-order chi connectivity index (χ0) is 20.4. The van der Waals surface area contributed by atoms with Crippen LogP contribution in [-0.2, 0) is 20.7 Å². The summed E-state index contributed by atoms with van der Waals surface area (Å²) in [6, 6.07) is 6.72. The van der Waals surface area contributed by atoms with E-state index in [-0.39, 0.29) is 18.6 Å². The first-order chi connectivity index (χ1) is 13.1. The molecular formula is C21H27N3O4. The summed E-state index contributed by atoms with van der Waals surface area (Å²) in [6.07, 6.45) is -0.130. The third kappa shape index (κ3) is 2.49. The van der Waals surface area contributed by atoms with Crippen molar-refractivity contribution in [3.8, 4) is 0 Å². The number of para-hydroxylation sites is 1. The third-order valence-electron chi connectivity index (χ3n) is 6.04. The van der Waals surface area contributed by atoms with E-state index >= 15 is 0 Å². The number of fused-ring (bicyclic) bond motifs is 4. The Bertz CT molecular complexity index is 861. The number of carbonyl (C=O) groups is 3. The first-order valence-electron chi connectivity index (χ1n) is 9.77. The Kier molecular flexibility index (Phi) is 4.08. The van der Waals surface area contributed by atoms with Crippen molar-refractivity contribution in [2.75, 3.05) is 11.4 Å². The summed E-state index contributed by atoms with van der Waals surface area (Å²) in [7, 11) is 0. The molecule has 2 fully saturated rings. The molecule has 3 aliphatic heterocycles. The SMILES string of the molecule is C[C@H]1CN2c3ccccc3C[C@]3(C(=O)NC(=O)N(C(C)(C)C)C3=O)[C@@H]2[C@@H](C)O1. The highest BCUT2D eigenvalue weighted by molar-refractivity contribution is 6.20. The average Bonchev–Trinajstić information content (AvgIpc) is 2.58. The number of anilines is 1. The van der Waals surface area contributed by atoms with Crippen molar-refractivity contribution >= 4 is 23.5 Å². The Balaban J connectivity index is 1.93. The molecule has 4 rings (SSSR count). The minimum Gasteiger partial charge on any atom is -0.372 e. The highest BCUT2D eigenvalue weighted by atomic mass is 16.5. The van der Waals surface area contributed by atoms with Crippen LogP contribution in [0.4, 0.5) is 10.5 Å². The summed E-state index contributed by atoms with van der Waals surface area (Å²) in [6.45, 7) is 9.87. The van der Waals surface area contributed by atoms with E-state index in [0.29, 0.717) is 6.54 Å². The number of rotatable bonds is 0. The number of nitrogens with zero attached hydrogens (tertiary/aromatic N) is 2. The van der Waals surface area contributed by atoms with Crippen molar-refractivity contribution in [2.45, 2.75) is 64.8 Å². The fourth-order valence-corrected chi connectivity index (χ4v) is 5.07. The maximum absolute atomic E-state index is 13.8. The van der Waals surface area contributed by atoms with Crippen LogP contribution in [-0.4, -0.2) is 53.1 Å². The van der Waals surface area contributed by atoms with Crippen molar-refractivity contribution in [3.05, 3.63) is 29.8 Å². The van der Waals surface area contributed by atoms with Gasteiger partial charge < -0.3 is 9.64 Å². The van der Waals surface area contributed by atoms with Crippen molar-refractivity contribution < 1.29 is 19.1 Å². The Morgan fingerprint density at radius 3 is 2.50 bits per heavy atom. The van der Waals surface area contributed by atoms with Crippen LogP contribution in [0.3, 0.4) is 0 Å². The molecule has 0 aromatic heterocycles. The molecule has 3 aliphatic rings. The van der Waals surface area contributed by atoms with Crippen LogP contribution in [0.15, 0.2) is 24.3 Å². The minimum absolute atomic E-state index is 0.0310. The van der Waals surface area contributed by atoms with Crippen LogP contribution in [0, 0.1) is 5.41 Å². The lowest BCUT2D eigenvalue weighted by molar-refractivity contribution is -0.163. The van der Waals surface area contributed by atoms with E-state index in [2.05, 4.69) is 10.2 Å². The fourth-order valence-electron chi connectivity index (χ4n) is 5.07. The van der Waals surface area contributed by atoms with E-state index in [1.807, 2.05) is 38.1 Å². The normalized spacial score (nSPS) is 32.9. The van der Waals surface area contributed by atoms with Crippen molar-refractivity contribution in [2.24, 2.45) is 5.41 Å². The summed E-state index contributed by atoms with van der Waals surface area (Å²) in [5.74, 6) is -0.972. The molecule has 0 unspecified atom stereocenters. The lowest BCUT2D eigenvalue weighted by Crippen LogP contribution is -2.77. The highest BCUT2D eigenvalue weighted by Gasteiger charge is 2.65. The number of hydrogen-bond donors (Lipinski definition) is 1. The van der Waals surface area contributed by atoms with Crippen molar-refractivity contribution in [1.82, 2.24) is 10.2 Å². The van der Waals surface area contributed by atoms with Crippen LogP contribution in [0.2, 0.25) is 0 Å². The molecule has 3 heterocycles. The summed E-state index contributed by atoms with van der Waals surface area (Å²) in [4.78, 5) is 43.0. The number of urea groups is 1. The van der Waals surface area contributed by atoms with Crippen molar-refractivity contribution in [1.29, 1.82) is 0 Å². The van der Waals surface area contributed by atoms with Gasteiger partial charge in [0.1, 0.15) is 0 Å². The fraction of sp³-hybridized carbons (Fsp3) is 0.571. The van der Waals surface area contributed by atoms with Gasteiger partial charge in [0.05, 0.1) is 18.2 Å². The number of nitrogens with one attached hydrogen (secondary N) is 1. The predicted octanol–water partition coefficient (Wildman–Crippen LogP) is 2.09. The lowest BCUT2D eigenvalue weighted by atomic mass is 9.66. The molecule has 4 amide bonds. The van der Waals surface area contributed by atoms with Gasteiger partial charge in [-0.3, -0.25) is 19.8 Å². The Morgan fingerprint density at radius 2 is 1.82 bits per heavy atom. The molecule has 150 valence electrons. The largest absolute Gasteiger partial charge is 0.372 e. The van der Waals surface area contributed by atoms with E-state index in [4.69, 9.17) is 4.74 Å². The van der Waals surface area contributed by atoms with Gasteiger partial charge in [0.2, 0.25) is 11.8 Å². The number of benzene rings is 1. The molecule has 1 N–H and O–H groups in total. The quantitative estimate of drug-likeness (QED) is 0.692. The zero-order valence-corrected chi connectivity index (χ0v) is 17.0. The number of imide groups is 2. The van der Waals surface area contributed by atoms with E-state index in [0.717, 1.165) is 11.3 Å². The molecule has 1 aromatic rings. The van der Waals surface area contributed by atoms with Gasteiger partial charge in [-0.1, -0.05) is 18.2 Å². The smallest absolute Gasteiger partial charge is 0.331 e. The third-order valence-corrected chi connectivity index (χ3v) is 6.04. The van der Waals surface area contributed by atoms with E-state index in [1.54, 1.807) is 20.8 Å². The molecule has 28 heavy (non-hydrogen) atoms. The second-order valence-corrected chi connectivity index (χ2v) is 9.10. The van der Waals surface area contributed by atoms with Gasteiger partial charge in [0.25, 0.3) is 0 Å². The first-order valence-corrected chi connectivity index (χ1v) is 9.77. The molecule has 7 nitrogen and oxygen atoms in total. The molecule has 0 aliphatic carbocycles. The number of carbonyl (C=O) groups excluding carboxylic acids is 3. The number of barbiturate groups is 1. The van der Waals surface area contributed by atoms with Gasteiger partial charge in [-0.2, -0.15) is 0 Å². The molecule has 2 saturated heterocycles. The van der Waals surface area contributed by atoms with Crippen LogP contribution in [0.5, 0.6) is 0 Å². The monoisotopic (exact) mass is 385 g/mol. The molecule has 7 heteroatoms. The number of ether oxygens (including phenoxy) is 1. The molecular weight excluding hydrogens is 358 g/mol. The van der Waals surface area contributed by atoms with Crippen LogP contribution in [0.1, 0.15) is 40.2 Å². The summed E-state index contributed by atoms with van der Waals surface area (Å²) < 4.78 is 6.07. The van der Waals surface area contributed by atoms with E-state index in [9.17, 15) is 14.4 Å². The van der Waals surface area contributed by atoms with E-state index in [1.165, 1.54) is 4.90 Å². The van der Waals surface area contributed by atoms with E-state index < -0.39 is 34.8 Å². The van der Waals surface area contributed by atoms with Crippen LogP contribution < -0.4 is 10.2 Å². The molecule has 0 saturated carbocycles. The highest BCUT2D eigenvalue weighted by Crippen LogP contribution is 2.48. The topological polar surface area (TPSA) is 79.0 Å².